The molecule has 0 bridgehead atoms. The van der Waals surface area contributed by atoms with Crippen LogP contribution in [0.2, 0.25) is 0 Å². The maximum atomic E-state index is 12.6. The van der Waals surface area contributed by atoms with Gasteiger partial charge in [0.1, 0.15) is 0 Å². The van der Waals surface area contributed by atoms with Gasteiger partial charge in [-0.05, 0) is 40.0 Å². The smallest absolute Gasteiger partial charge is 0.479 e. The molecule has 1 N–H and O–H groups in total. The molecule has 11 nitrogen and oxygen atoms in total. The van der Waals surface area contributed by atoms with Crippen LogP contribution in [0.15, 0.2) is 0 Å². The van der Waals surface area contributed by atoms with E-state index in [1.165, 1.54) is 20.8 Å². The monoisotopic (exact) mass is 420 g/mol. The van der Waals surface area contributed by atoms with Crippen LogP contribution in [-0.2, 0) is 42.9 Å². The van der Waals surface area contributed by atoms with Gasteiger partial charge in [0.05, 0.1) is 26.4 Å². The lowest BCUT2D eigenvalue weighted by Crippen LogP contribution is -2.50. The van der Waals surface area contributed by atoms with E-state index in [2.05, 4.69) is 4.74 Å². The van der Waals surface area contributed by atoms with Crippen LogP contribution in [0.1, 0.15) is 47.0 Å². The van der Waals surface area contributed by atoms with Gasteiger partial charge in [0.2, 0.25) is 6.10 Å². The minimum absolute atomic E-state index is 0.0867. The van der Waals surface area contributed by atoms with E-state index >= 15 is 0 Å². The van der Waals surface area contributed by atoms with Crippen LogP contribution in [0.4, 0.5) is 4.79 Å². The van der Waals surface area contributed by atoms with Crippen molar-refractivity contribution in [2.45, 2.75) is 59.2 Å². The summed E-state index contributed by atoms with van der Waals surface area (Å²) in [6.45, 7) is 5.98. The van der Waals surface area contributed by atoms with Crippen LogP contribution in [0, 0.1) is 5.41 Å². The van der Waals surface area contributed by atoms with Crippen molar-refractivity contribution in [2.24, 2.45) is 5.41 Å². The molecule has 11 heteroatoms. The number of rotatable bonds is 12. The molecule has 0 aromatic heterocycles. The van der Waals surface area contributed by atoms with Crippen LogP contribution in [-0.4, -0.2) is 67.7 Å². The second-order valence-corrected chi connectivity index (χ2v) is 6.15. The minimum atomic E-state index is -2.56. The summed E-state index contributed by atoms with van der Waals surface area (Å²) < 4.78 is 23.8. The molecular weight excluding hydrogens is 392 g/mol. The van der Waals surface area contributed by atoms with Gasteiger partial charge in [0, 0.05) is 0 Å². The second kappa shape index (κ2) is 12.6. The Morgan fingerprint density at radius 3 is 1.97 bits per heavy atom. The largest absolute Gasteiger partial charge is 0.509 e. The Bertz CT molecular complexity index is 599. The standard InChI is InChI=1S/C18H28O11/c1-6-10-27-16(23)18(14(21)25-5,15(22)26-7-2)9-8-12(13(19)20)29-17(24)28-11(3)4/h11-12H,6-10H2,1-5H3,(H,19,20). The number of carbonyl (C=O) groups excluding carboxylic acids is 4. The van der Waals surface area contributed by atoms with Crippen molar-refractivity contribution < 1.29 is 52.8 Å². The fraction of sp³-hybridized carbons (Fsp3) is 0.722. The molecule has 166 valence electrons. The summed E-state index contributed by atoms with van der Waals surface area (Å²) >= 11 is 0. The third-order valence-electron chi connectivity index (χ3n) is 3.57. The minimum Gasteiger partial charge on any atom is -0.479 e. The molecule has 0 radical (unpaired) electrons. The molecule has 0 aliphatic carbocycles. The molecule has 0 amide bonds. The van der Waals surface area contributed by atoms with E-state index in [1.807, 2.05) is 0 Å². The summed E-state index contributed by atoms with van der Waals surface area (Å²) in [6.07, 6.45) is -4.47. The third-order valence-corrected chi connectivity index (χ3v) is 3.57. The maximum Gasteiger partial charge on any atom is 0.509 e. The van der Waals surface area contributed by atoms with Gasteiger partial charge < -0.3 is 28.8 Å². The number of methoxy groups -OCH3 is 1. The molecule has 0 aromatic rings. The summed E-state index contributed by atoms with van der Waals surface area (Å²) in [5, 5.41) is 9.29. The summed E-state index contributed by atoms with van der Waals surface area (Å²) in [6, 6.07) is 0. The van der Waals surface area contributed by atoms with E-state index < -0.39 is 60.5 Å². The highest BCUT2D eigenvalue weighted by Gasteiger charge is 2.57. The highest BCUT2D eigenvalue weighted by molar-refractivity contribution is 6.17. The first-order valence-corrected chi connectivity index (χ1v) is 9.09. The van der Waals surface area contributed by atoms with Crippen LogP contribution in [0.25, 0.3) is 0 Å². The maximum absolute atomic E-state index is 12.6. The highest BCUT2D eigenvalue weighted by Crippen LogP contribution is 2.31. The van der Waals surface area contributed by atoms with Gasteiger partial charge in [-0.15, -0.1) is 0 Å². The number of carboxylic acid groups (broad SMARTS) is 1. The average Bonchev–Trinajstić information content (AvgIpc) is 2.64. The lowest BCUT2D eigenvalue weighted by atomic mass is 9.82. The van der Waals surface area contributed by atoms with Gasteiger partial charge in [-0.3, -0.25) is 14.4 Å². The lowest BCUT2D eigenvalue weighted by Gasteiger charge is -2.27. The molecule has 0 aliphatic heterocycles. The first-order valence-electron chi connectivity index (χ1n) is 9.09. The molecule has 2 atom stereocenters. The SMILES string of the molecule is CCCOC(=O)C(CCC(OC(=O)OC(C)C)C(=O)O)(C(=O)OC)C(=O)OCC. The third kappa shape index (κ3) is 7.59. The van der Waals surface area contributed by atoms with Crippen LogP contribution in [0.3, 0.4) is 0 Å². The Balaban J connectivity index is 5.77. The van der Waals surface area contributed by atoms with Gasteiger partial charge in [-0.1, -0.05) is 6.92 Å². The normalized spacial score (nSPS) is 13.6. The Hall–Kier alpha value is -2.85. The van der Waals surface area contributed by atoms with E-state index in [0.717, 1.165) is 7.11 Å². The number of carboxylic acids is 1. The molecule has 0 saturated carbocycles. The van der Waals surface area contributed by atoms with Gasteiger partial charge in [-0.25, -0.2) is 9.59 Å². The van der Waals surface area contributed by atoms with Gasteiger partial charge in [-0.2, -0.15) is 0 Å². The molecule has 2 unspecified atom stereocenters. The summed E-state index contributed by atoms with van der Waals surface area (Å²) in [7, 11) is 0.953. The van der Waals surface area contributed by atoms with Crippen LogP contribution < -0.4 is 0 Å². The zero-order chi connectivity index (χ0) is 22.6. The molecular formula is C18H28O11. The average molecular weight is 420 g/mol. The molecule has 0 fully saturated rings. The molecule has 0 spiro atoms. The van der Waals surface area contributed by atoms with Crippen molar-refractivity contribution >= 4 is 30.0 Å². The quantitative estimate of drug-likeness (QED) is 0.277. The molecule has 0 aromatic carbocycles. The fourth-order valence-electron chi connectivity index (χ4n) is 2.22. The van der Waals surface area contributed by atoms with E-state index in [-0.39, 0.29) is 13.2 Å². The van der Waals surface area contributed by atoms with E-state index in [0.29, 0.717) is 6.42 Å². The Kier molecular flexibility index (Phi) is 11.3. The Morgan fingerprint density at radius 2 is 1.52 bits per heavy atom. The van der Waals surface area contributed by atoms with Gasteiger partial charge in [0.15, 0.2) is 0 Å². The second-order valence-electron chi connectivity index (χ2n) is 6.15. The topological polar surface area (TPSA) is 152 Å². The summed E-state index contributed by atoms with van der Waals surface area (Å²) in [5.41, 5.74) is -2.56. The zero-order valence-electron chi connectivity index (χ0n) is 17.2. The van der Waals surface area contributed by atoms with Crippen molar-refractivity contribution in [3.05, 3.63) is 0 Å². The molecule has 0 saturated heterocycles. The fourth-order valence-corrected chi connectivity index (χ4v) is 2.22. The van der Waals surface area contributed by atoms with Crippen molar-refractivity contribution in [3.63, 3.8) is 0 Å². The van der Waals surface area contributed by atoms with Crippen LogP contribution in [0.5, 0.6) is 0 Å². The van der Waals surface area contributed by atoms with Crippen molar-refractivity contribution in [1.29, 1.82) is 0 Å². The Morgan fingerprint density at radius 1 is 0.931 bits per heavy atom. The number of hydrogen-bond acceptors (Lipinski definition) is 10. The number of aliphatic carboxylic acids is 1. The van der Waals surface area contributed by atoms with E-state index in [1.54, 1.807) is 6.92 Å². The van der Waals surface area contributed by atoms with Crippen molar-refractivity contribution in [2.75, 3.05) is 20.3 Å². The summed E-state index contributed by atoms with van der Waals surface area (Å²) in [5.74, 6) is -5.32. The van der Waals surface area contributed by atoms with Crippen LogP contribution >= 0.6 is 0 Å². The lowest BCUT2D eigenvalue weighted by molar-refractivity contribution is -0.184. The number of ether oxygens (including phenoxy) is 5. The Labute approximate surface area is 168 Å². The van der Waals surface area contributed by atoms with E-state index in [4.69, 9.17) is 18.9 Å². The zero-order valence-corrected chi connectivity index (χ0v) is 17.2. The van der Waals surface area contributed by atoms with E-state index in [9.17, 15) is 29.1 Å². The van der Waals surface area contributed by atoms with Gasteiger partial charge in [0.25, 0.3) is 5.41 Å². The molecule has 0 aliphatic rings. The predicted octanol–water partition coefficient (Wildman–Crippen LogP) is 1.46. The first-order chi connectivity index (χ1) is 13.6. The highest BCUT2D eigenvalue weighted by atomic mass is 16.7. The number of hydrogen-bond donors (Lipinski definition) is 1. The first kappa shape index (κ1) is 26.1. The van der Waals surface area contributed by atoms with Crippen molar-refractivity contribution in [1.82, 2.24) is 0 Å². The van der Waals surface area contributed by atoms with Gasteiger partial charge >= 0.3 is 30.0 Å². The molecule has 29 heavy (non-hydrogen) atoms. The summed E-state index contributed by atoms with van der Waals surface area (Å²) in [4.78, 5) is 60.5. The number of carbonyl (C=O) groups is 5. The molecule has 0 heterocycles. The number of esters is 3. The molecule has 0 rings (SSSR count). The van der Waals surface area contributed by atoms with Crippen molar-refractivity contribution in [3.8, 4) is 0 Å². The predicted molar refractivity (Wildman–Crippen MR) is 95.7 cm³/mol.